The molecule has 3 rings (SSSR count). The number of nitrogens with one attached hydrogen (secondary N) is 1. The maximum atomic E-state index is 8.87. The van der Waals surface area contributed by atoms with E-state index >= 15 is 0 Å². The van der Waals surface area contributed by atoms with Gasteiger partial charge >= 0.3 is 0 Å². The maximum Gasteiger partial charge on any atom is 0.0992 e. The first kappa shape index (κ1) is 13.0. The molecule has 0 saturated carbocycles. The zero-order valence-corrected chi connectivity index (χ0v) is 13.1. The monoisotopic (exact) mass is 352 g/mol. The van der Waals surface area contributed by atoms with Crippen LogP contribution in [0.5, 0.6) is 0 Å². The molecule has 96 valence electrons. The van der Waals surface area contributed by atoms with Crippen molar-refractivity contribution in [3.8, 4) is 6.07 Å². The molecule has 0 aliphatic heterocycles. The van der Waals surface area contributed by atoms with Crippen LogP contribution < -0.4 is 5.32 Å². The van der Waals surface area contributed by atoms with Gasteiger partial charge in [-0.15, -0.1) is 11.3 Å². The summed E-state index contributed by atoms with van der Waals surface area (Å²) in [5, 5.41) is 12.4. The average Bonchev–Trinajstić information content (AvgIpc) is 2.92. The highest BCUT2D eigenvalue weighted by Gasteiger charge is 2.25. The number of nitrogens with zero attached hydrogens (tertiary/aromatic N) is 1. The Morgan fingerprint density at radius 3 is 3.00 bits per heavy atom. The highest BCUT2D eigenvalue weighted by atomic mass is 79.9. The van der Waals surface area contributed by atoms with E-state index in [9.17, 15) is 0 Å². The van der Waals surface area contributed by atoms with Crippen LogP contribution in [0, 0.1) is 11.3 Å². The van der Waals surface area contributed by atoms with Gasteiger partial charge in [-0.2, -0.15) is 5.26 Å². The number of hydrogen-bond acceptors (Lipinski definition) is 3. The zero-order valence-electron chi connectivity index (χ0n) is 9.91. The summed E-state index contributed by atoms with van der Waals surface area (Å²) in [7, 11) is 0. The minimum absolute atomic E-state index is 0.308. The fourth-order valence-corrected chi connectivity index (χ4v) is 4.22. The second kappa shape index (κ2) is 5.16. The van der Waals surface area contributed by atoms with Crippen molar-refractivity contribution in [2.45, 2.75) is 18.9 Å². The summed E-state index contributed by atoms with van der Waals surface area (Å²) in [6.45, 7) is 0. The van der Waals surface area contributed by atoms with Crippen LogP contribution in [0.15, 0.2) is 28.7 Å². The predicted molar refractivity (Wildman–Crippen MR) is 82.9 cm³/mol. The van der Waals surface area contributed by atoms with E-state index in [0.717, 1.165) is 27.3 Å². The molecule has 0 saturated heterocycles. The van der Waals surface area contributed by atoms with Crippen molar-refractivity contribution in [3.05, 3.63) is 49.1 Å². The molecule has 2 nitrogen and oxygen atoms in total. The maximum absolute atomic E-state index is 8.87. The number of thiophene rings is 1. The van der Waals surface area contributed by atoms with Gasteiger partial charge in [0.05, 0.1) is 22.0 Å². The number of nitriles is 1. The van der Waals surface area contributed by atoms with E-state index < -0.39 is 0 Å². The largest absolute Gasteiger partial charge is 0.377 e. The molecule has 1 atom stereocenters. The Morgan fingerprint density at radius 2 is 2.26 bits per heavy atom. The van der Waals surface area contributed by atoms with Gasteiger partial charge in [-0.3, -0.25) is 0 Å². The van der Waals surface area contributed by atoms with Crippen LogP contribution in [0.4, 0.5) is 5.69 Å². The summed E-state index contributed by atoms with van der Waals surface area (Å²) in [6.07, 6.45) is 2.17. The Kier molecular flexibility index (Phi) is 3.53. The Hall–Kier alpha value is -1.02. The van der Waals surface area contributed by atoms with E-state index in [1.807, 2.05) is 18.2 Å². The highest BCUT2D eigenvalue weighted by Crippen LogP contribution is 2.41. The number of anilines is 1. The normalized spacial score (nSPS) is 17.0. The summed E-state index contributed by atoms with van der Waals surface area (Å²) >= 11 is 11.2. The van der Waals surface area contributed by atoms with Crippen molar-refractivity contribution >= 4 is 44.6 Å². The van der Waals surface area contributed by atoms with Gasteiger partial charge in [0.1, 0.15) is 0 Å². The molecule has 19 heavy (non-hydrogen) atoms. The van der Waals surface area contributed by atoms with Crippen LogP contribution in [-0.2, 0) is 6.42 Å². The van der Waals surface area contributed by atoms with Gasteiger partial charge in [0, 0.05) is 15.0 Å². The van der Waals surface area contributed by atoms with Crippen LogP contribution in [0.3, 0.4) is 0 Å². The molecular formula is C14H10BrClN2S. The molecule has 1 aromatic heterocycles. The number of fused-ring (bicyclic) bond motifs is 1. The van der Waals surface area contributed by atoms with Crippen molar-refractivity contribution in [2.24, 2.45) is 0 Å². The number of hydrogen-bond donors (Lipinski definition) is 1. The number of halogens is 2. The fraction of sp³-hybridized carbons (Fsp3) is 0.214. The third-order valence-electron chi connectivity index (χ3n) is 3.28. The van der Waals surface area contributed by atoms with Crippen LogP contribution in [0.2, 0.25) is 4.34 Å². The smallest absolute Gasteiger partial charge is 0.0992 e. The molecule has 1 N–H and O–H groups in total. The minimum Gasteiger partial charge on any atom is -0.377 e. The lowest BCUT2D eigenvalue weighted by atomic mass is 10.1. The van der Waals surface area contributed by atoms with E-state index in [1.54, 1.807) is 11.3 Å². The van der Waals surface area contributed by atoms with Gasteiger partial charge in [0.15, 0.2) is 0 Å². The first-order valence-corrected chi connectivity index (χ1v) is 7.90. The molecule has 0 bridgehead atoms. The van der Waals surface area contributed by atoms with Gasteiger partial charge in [-0.05, 0) is 58.6 Å². The average molecular weight is 354 g/mol. The summed E-state index contributed by atoms with van der Waals surface area (Å²) in [4.78, 5) is 1.38. The van der Waals surface area contributed by atoms with Crippen LogP contribution in [0.1, 0.15) is 28.5 Å². The summed E-state index contributed by atoms with van der Waals surface area (Å²) in [5.74, 6) is 0. The van der Waals surface area contributed by atoms with E-state index in [1.165, 1.54) is 10.4 Å². The summed E-state index contributed by atoms with van der Waals surface area (Å²) < 4.78 is 1.77. The Morgan fingerprint density at radius 1 is 1.42 bits per heavy atom. The van der Waals surface area contributed by atoms with Crippen molar-refractivity contribution in [2.75, 3.05) is 5.32 Å². The number of benzene rings is 1. The first-order chi connectivity index (χ1) is 9.17. The second-order valence-electron chi connectivity index (χ2n) is 4.47. The molecule has 0 radical (unpaired) electrons. The summed E-state index contributed by atoms with van der Waals surface area (Å²) in [6, 6.07) is 10.1. The van der Waals surface area contributed by atoms with E-state index in [0.29, 0.717) is 11.6 Å². The van der Waals surface area contributed by atoms with Gasteiger partial charge in [0.25, 0.3) is 0 Å². The third kappa shape index (κ3) is 2.51. The first-order valence-electron chi connectivity index (χ1n) is 5.91. The SMILES string of the molecule is N#Cc1ccc(NC2CCc3sc(Cl)cc32)c(Br)c1. The molecule has 0 amide bonds. The highest BCUT2D eigenvalue weighted by molar-refractivity contribution is 9.10. The predicted octanol–water partition coefficient (Wildman–Crippen LogP) is 5.14. The van der Waals surface area contributed by atoms with E-state index in [-0.39, 0.29) is 0 Å². The molecule has 1 aliphatic rings. The van der Waals surface area contributed by atoms with Gasteiger partial charge in [-0.25, -0.2) is 0 Å². The second-order valence-corrected chi connectivity index (χ2v) is 7.09. The lowest BCUT2D eigenvalue weighted by molar-refractivity contribution is 0.762. The molecular weight excluding hydrogens is 344 g/mol. The van der Waals surface area contributed by atoms with E-state index in [4.69, 9.17) is 16.9 Å². The zero-order chi connectivity index (χ0) is 13.4. The molecule has 2 aromatic rings. The molecule has 5 heteroatoms. The molecule has 0 fully saturated rings. The van der Waals surface area contributed by atoms with Crippen LogP contribution in [-0.4, -0.2) is 0 Å². The van der Waals surface area contributed by atoms with Crippen LogP contribution in [0.25, 0.3) is 0 Å². The van der Waals surface area contributed by atoms with E-state index in [2.05, 4.69) is 33.4 Å². The van der Waals surface area contributed by atoms with Gasteiger partial charge < -0.3 is 5.32 Å². The Bertz CT molecular complexity index is 675. The standard InChI is InChI=1S/C14H10BrClN2S/c15-10-5-8(7-17)1-2-12(10)18-11-3-4-13-9(11)6-14(16)19-13/h1-2,5-6,11,18H,3-4H2. The summed E-state index contributed by atoms with van der Waals surface area (Å²) in [5.41, 5.74) is 2.98. The molecule has 1 aliphatic carbocycles. The number of aryl methyl sites for hydroxylation is 1. The Balaban J connectivity index is 1.85. The molecule has 1 heterocycles. The number of rotatable bonds is 2. The van der Waals surface area contributed by atoms with Gasteiger partial charge in [-0.1, -0.05) is 11.6 Å². The van der Waals surface area contributed by atoms with Crippen LogP contribution >= 0.6 is 38.9 Å². The van der Waals surface area contributed by atoms with Crippen molar-refractivity contribution < 1.29 is 0 Å². The lowest BCUT2D eigenvalue weighted by Gasteiger charge is -2.16. The topological polar surface area (TPSA) is 35.8 Å². The Labute approximate surface area is 129 Å². The minimum atomic E-state index is 0.308. The third-order valence-corrected chi connectivity index (χ3v) is 5.27. The van der Waals surface area contributed by atoms with Crippen molar-refractivity contribution in [3.63, 3.8) is 0 Å². The molecule has 1 unspecified atom stereocenters. The quantitative estimate of drug-likeness (QED) is 0.812. The lowest BCUT2D eigenvalue weighted by Crippen LogP contribution is -2.07. The molecule has 1 aromatic carbocycles. The molecule has 0 spiro atoms. The van der Waals surface area contributed by atoms with Crippen molar-refractivity contribution in [1.82, 2.24) is 0 Å². The van der Waals surface area contributed by atoms with Crippen molar-refractivity contribution in [1.29, 1.82) is 5.26 Å². The fourth-order valence-electron chi connectivity index (χ4n) is 2.37. The van der Waals surface area contributed by atoms with Gasteiger partial charge in [0.2, 0.25) is 0 Å².